The lowest BCUT2D eigenvalue weighted by atomic mass is 10.0. The van der Waals surface area contributed by atoms with Crippen LogP contribution in [-0.4, -0.2) is 96.7 Å². The molecular formula is C85H146O17P2. The van der Waals surface area contributed by atoms with Crippen molar-refractivity contribution in [1.29, 1.82) is 0 Å². The number of esters is 4. The largest absolute Gasteiger partial charge is 0.472 e. The zero-order valence-electron chi connectivity index (χ0n) is 65.4. The molecule has 0 saturated heterocycles. The fourth-order valence-corrected chi connectivity index (χ4v) is 12.3. The van der Waals surface area contributed by atoms with E-state index in [1.807, 2.05) is 0 Å². The predicted molar refractivity (Wildman–Crippen MR) is 427 cm³/mol. The van der Waals surface area contributed by atoms with Gasteiger partial charge >= 0.3 is 39.5 Å². The molecule has 5 unspecified atom stereocenters. The van der Waals surface area contributed by atoms with Crippen LogP contribution in [0.1, 0.15) is 336 Å². The van der Waals surface area contributed by atoms with Crippen LogP contribution >= 0.6 is 15.6 Å². The number of ether oxygens (including phenoxy) is 4. The van der Waals surface area contributed by atoms with E-state index in [1.54, 1.807) is 0 Å². The Morgan fingerprint density at radius 2 is 0.500 bits per heavy atom. The molecule has 0 bridgehead atoms. The molecular weight excluding hydrogens is 1350 g/mol. The number of rotatable bonds is 76. The number of phosphoric acid groups is 2. The summed E-state index contributed by atoms with van der Waals surface area (Å²) in [5.74, 6) is -2.23. The molecule has 0 radical (unpaired) electrons. The fourth-order valence-electron chi connectivity index (χ4n) is 10.8. The molecule has 0 aliphatic heterocycles. The van der Waals surface area contributed by atoms with Crippen molar-refractivity contribution in [3.63, 3.8) is 0 Å². The Morgan fingerprint density at radius 1 is 0.279 bits per heavy atom. The van der Waals surface area contributed by atoms with Gasteiger partial charge in [0.15, 0.2) is 12.2 Å². The third-order valence-corrected chi connectivity index (χ3v) is 18.8. The van der Waals surface area contributed by atoms with E-state index in [9.17, 15) is 43.2 Å². The van der Waals surface area contributed by atoms with Crippen LogP contribution in [0.5, 0.6) is 0 Å². The number of allylic oxidation sites excluding steroid dienone is 20. The van der Waals surface area contributed by atoms with Gasteiger partial charge in [-0.2, -0.15) is 0 Å². The summed E-state index contributed by atoms with van der Waals surface area (Å²) in [5.41, 5.74) is 0. The fraction of sp³-hybridized carbons (Fsp3) is 0.718. The molecule has 0 aromatic carbocycles. The molecule has 0 aromatic rings. The van der Waals surface area contributed by atoms with Gasteiger partial charge in [-0.1, -0.05) is 297 Å². The molecule has 0 aromatic heterocycles. The van der Waals surface area contributed by atoms with E-state index in [4.69, 9.17) is 37.0 Å². The second-order valence-electron chi connectivity index (χ2n) is 27.0. The van der Waals surface area contributed by atoms with Gasteiger partial charge in [0.05, 0.1) is 26.4 Å². The Labute approximate surface area is 632 Å². The van der Waals surface area contributed by atoms with Crippen LogP contribution in [0, 0.1) is 0 Å². The molecule has 0 spiro atoms. The Bertz CT molecular complexity index is 2440. The normalized spacial score (nSPS) is 14.5. The van der Waals surface area contributed by atoms with E-state index in [0.29, 0.717) is 25.7 Å². The predicted octanol–water partition coefficient (Wildman–Crippen LogP) is 23.9. The average molecular weight is 1500 g/mol. The Hall–Kier alpha value is -4.54. The van der Waals surface area contributed by atoms with E-state index < -0.39 is 97.5 Å². The minimum absolute atomic E-state index is 0.0588. The molecule has 0 aliphatic carbocycles. The van der Waals surface area contributed by atoms with Crippen molar-refractivity contribution in [2.75, 3.05) is 39.6 Å². The van der Waals surface area contributed by atoms with E-state index >= 15 is 0 Å². The lowest BCUT2D eigenvalue weighted by Gasteiger charge is -2.21. The smallest absolute Gasteiger partial charge is 0.462 e. The molecule has 0 fully saturated rings. The first-order chi connectivity index (χ1) is 50.7. The van der Waals surface area contributed by atoms with Crippen LogP contribution in [0.2, 0.25) is 0 Å². The van der Waals surface area contributed by atoms with Crippen LogP contribution in [0.4, 0.5) is 0 Å². The van der Waals surface area contributed by atoms with Gasteiger partial charge in [0.2, 0.25) is 0 Å². The zero-order chi connectivity index (χ0) is 76.0. The first-order valence-corrected chi connectivity index (χ1v) is 43.8. The molecule has 5 atom stereocenters. The van der Waals surface area contributed by atoms with E-state index in [-0.39, 0.29) is 25.7 Å². The first kappa shape index (κ1) is 99.5. The number of hydrogen-bond donors (Lipinski definition) is 3. The second kappa shape index (κ2) is 76.6. The number of hydrogen-bond acceptors (Lipinski definition) is 15. The highest BCUT2D eigenvalue weighted by molar-refractivity contribution is 7.47. The maximum Gasteiger partial charge on any atom is 0.472 e. The highest BCUT2D eigenvalue weighted by atomic mass is 31.2. The minimum Gasteiger partial charge on any atom is -0.462 e. The van der Waals surface area contributed by atoms with Crippen molar-refractivity contribution in [2.24, 2.45) is 0 Å². The maximum absolute atomic E-state index is 13.1. The maximum atomic E-state index is 13.1. The van der Waals surface area contributed by atoms with E-state index in [0.717, 1.165) is 173 Å². The van der Waals surface area contributed by atoms with Crippen LogP contribution in [0.25, 0.3) is 0 Å². The molecule has 0 saturated carbocycles. The van der Waals surface area contributed by atoms with Gasteiger partial charge in [-0.05, 0) is 135 Å². The van der Waals surface area contributed by atoms with E-state index in [2.05, 4.69) is 149 Å². The van der Waals surface area contributed by atoms with Gasteiger partial charge in [0, 0.05) is 25.7 Å². The summed E-state index contributed by atoms with van der Waals surface area (Å²) in [7, 11) is -9.98. The molecule has 17 nitrogen and oxygen atoms in total. The summed E-state index contributed by atoms with van der Waals surface area (Å²) in [5, 5.41) is 10.7. The van der Waals surface area contributed by atoms with Crippen molar-refractivity contribution in [1.82, 2.24) is 0 Å². The summed E-state index contributed by atoms with van der Waals surface area (Å²) in [6, 6.07) is 0. The first-order valence-electron chi connectivity index (χ1n) is 40.8. The molecule has 598 valence electrons. The minimum atomic E-state index is -4.99. The number of aliphatic hydroxyl groups excluding tert-OH is 1. The second-order valence-corrected chi connectivity index (χ2v) is 29.9. The van der Waals surface area contributed by atoms with Crippen LogP contribution < -0.4 is 0 Å². The molecule has 0 rings (SSSR count). The van der Waals surface area contributed by atoms with Crippen molar-refractivity contribution in [2.45, 2.75) is 354 Å². The van der Waals surface area contributed by atoms with Gasteiger partial charge < -0.3 is 33.8 Å². The number of unbranched alkanes of at least 4 members (excludes halogenated alkanes) is 30. The average Bonchev–Trinajstić information content (AvgIpc) is 0.926. The van der Waals surface area contributed by atoms with Gasteiger partial charge in [0.1, 0.15) is 19.3 Å². The van der Waals surface area contributed by atoms with Crippen LogP contribution in [-0.2, 0) is 65.4 Å². The van der Waals surface area contributed by atoms with Crippen LogP contribution in [0.15, 0.2) is 122 Å². The summed E-state index contributed by atoms with van der Waals surface area (Å²) in [6.07, 6.45) is 84.5. The molecule has 3 N–H and O–H groups in total. The van der Waals surface area contributed by atoms with Gasteiger partial charge in [-0.25, -0.2) is 9.13 Å². The summed E-state index contributed by atoms with van der Waals surface area (Å²) >= 11 is 0. The third-order valence-electron chi connectivity index (χ3n) is 16.9. The van der Waals surface area contributed by atoms with Gasteiger partial charge in [-0.3, -0.25) is 37.3 Å². The lowest BCUT2D eigenvalue weighted by Crippen LogP contribution is -2.30. The van der Waals surface area contributed by atoms with Crippen molar-refractivity contribution < 1.29 is 80.2 Å². The molecule has 104 heavy (non-hydrogen) atoms. The van der Waals surface area contributed by atoms with Crippen molar-refractivity contribution in [3.8, 4) is 0 Å². The number of carbonyl (C=O) groups excluding carboxylic acids is 4. The molecule has 0 amide bonds. The Kier molecular flexibility index (Phi) is 73.3. The molecule has 0 heterocycles. The monoisotopic (exact) mass is 1500 g/mol. The topological polar surface area (TPSA) is 237 Å². The number of phosphoric ester groups is 2. The SMILES string of the molecule is CC/C=C\C/C=C\C/C=C\C/C=C\CCCCCCC(=O)OCC(COP(=O)(O)OCC(O)COP(=O)(O)OCC(COC(=O)CCCCCCC/C=C\C/C=C\CCCCC)OC(=O)CCCCCCCCCCCCCCCCC)OC(=O)CCCCCC/C=C\C/C=C\C/C=C\C/C=C\CC. The van der Waals surface area contributed by atoms with Crippen LogP contribution in [0.3, 0.4) is 0 Å². The quantitative estimate of drug-likeness (QED) is 0.0169. The molecule has 0 aliphatic rings. The standard InChI is InChI=1S/C85H146O17P2/c1-5-9-13-17-21-25-29-33-37-39-43-46-50-54-58-62-66-70-83(88)96-76-81(102-85(90)72-68-64-60-56-52-48-44-40-38-34-30-26-22-18-14-10-6-2)78-100-104(93,94)98-74-79(86)73-97-103(91,92)99-77-80(101-84(89)71-67-63-59-55-51-47-42-36-32-28-24-20-16-12-8-4)75-95-82(87)69-65-61-57-53-49-45-41-35-31-27-23-19-15-11-7-3/h9-10,13-14,21-23,25-27,33-35,37-38,41,43-44,46,48,79-81,86H,5-8,11-12,15-20,24,28-32,36,39-40,42,45,47,49-78H2,1-4H3,(H,91,92)(H,93,94)/b13-9-,14-10-,25-21-,26-22-,27-23-,37-33-,38-34-,41-35-,46-43-,48-44-. The highest BCUT2D eigenvalue weighted by Gasteiger charge is 2.30. The Balaban J connectivity index is 5.42. The Morgan fingerprint density at radius 3 is 0.788 bits per heavy atom. The number of carbonyl (C=O) groups is 4. The van der Waals surface area contributed by atoms with Gasteiger partial charge in [-0.15, -0.1) is 0 Å². The number of aliphatic hydroxyl groups is 1. The van der Waals surface area contributed by atoms with Crippen molar-refractivity contribution in [3.05, 3.63) is 122 Å². The zero-order valence-corrected chi connectivity index (χ0v) is 67.2. The third kappa shape index (κ3) is 75.7. The highest BCUT2D eigenvalue weighted by Crippen LogP contribution is 2.45. The van der Waals surface area contributed by atoms with Gasteiger partial charge in [0.25, 0.3) is 0 Å². The summed E-state index contributed by atoms with van der Waals surface area (Å²) in [6.45, 7) is 4.59. The van der Waals surface area contributed by atoms with E-state index in [1.165, 1.54) is 83.5 Å². The molecule has 19 heteroatoms. The lowest BCUT2D eigenvalue weighted by molar-refractivity contribution is -0.161. The van der Waals surface area contributed by atoms with Crippen molar-refractivity contribution >= 4 is 39.5 Å². The summed E-state index contributed by atoms with van der Waals surface area (Å²) < 4.78 is 68.7. The summed E-state index contributed by atoms with van der Waals surface area (Å²) in [4.78, 5) is 73.1.